The molecule has 1 N–H and O–H groups in total. The van der Waals surface area contributed by atoms with E-state index in [4.69, 9.17) is 11.6 Å². The third-order valence-corrected chi connectivity index (χ3v) is 3.76. The number of halogens is 1. The van der Waals surface area contributed by atoms with Crippen molar-refractivity contribution in [1.82, 2.24) is 9.78 Å². The summed E-state index contributed by atoms with van der Waals surface area (Å²) in [5.74, 6) is 0.545. The van der Waals surface area contributed by atoms with E-state index in [-0.39, 0.29) is 12.5 Å². The van der Waals surface area contributed by atoms with E-state index in [0.717, 1.165) is 16.8 Å². The number of nitrogens with zero attached hydrogens (tertiary/aromatic N) is 3. The Labute approximate surface area is 127 Å². The second-order valence-corrected chi connectivity index (χ2v) is 5.22. The van der Waals surface area contributed by atoms with E-state index < -0.39 is 0 Å². The van der Waals surface area contributed by atoms with Crippen molar-refractivity contribution in [2.75, 3.05) is 11.9 Å². The first-order valence-corrected chi connectivity index (χ1v) is 7.16. The van der Waals surface area contributed by atoms with Crippen LogP contribution in [0.4, 0.5) is 5.82 Å². The maximum Gasteiger partial charge on any atom is 0.247 e. The number of fused-ring (bicyclic) bond motifs is 1. The molecule has 0 fully saturated rings. The monoisotopic (exact) mass is 302 g/mol. The third kappa shape index (κ3) is 2.34. The van der Waals surface area contributed by atoms with E-state index in [2.05, 4.69) is 15.4 Å². The van der Waals surface area contributed by atoms with Gasteiger partial charge in [0, 0.05) is 17.1 Å². The summed E-state index contributed by atoms with van der Waals surface area (Å²) in [4.78, 5) is 16.3. The molecule has 21 heavy (non-hydrogen) atoms. The highest BCUT2D eigenvalue weighted by molar-refractivity contribution is 6.36. The molecule has 1 aliphatic heterocycles. The fourth-order valence-electron chi connectivity index (χ4n) is 2.50. The highest BCUT2D eigenvalue weighted by Crippen LogP contribution is 2.28. The zero-order valence-electron chi connectivity index (χ0n) is 11.9. The van der Waals surface area contributed by atoms with Gasteiger partial charge in [-0.05, 0) is 19.9 Å². The van der Waals surface area contributed by atoms with Gasteiger partial charge < -0.3 is 5.32 Å². The first-order valence-electron chi connectivity index (χ1n) is 6.78. The summed E-state index contributed by atoms with van der Waals surface area (Å²) in [6.07, 6.45) is 0. The predicted molar refractivity (Wildman–Crippen MR) is 83.2 cm³/mol. The molecule has 2 heterocycles. The summed E-state index contributed by atoms with van der Waals surface area (Å²) in [6, 6.07) is 7.50. The Morgan fingerprint density at radius 3 is 2.86 bits per heavy atom. The van der Waals surface area contributed by atoms with Crippen molar-refractivity contribution in [3.8, 4) is 0 Å². The number of carbonyl (C=O) groups excluding carboxylic acids is 1. The molecule has 1 aromatic heterocycles. The van der Waals surface area contributed by atoms with Gasteiger partial charge in [-0.2, -0.15) is 5.10 Å². The van der Waals surface area contributed by atoms with Crippen molar-refractivity contribution in [2.45, 2.75) is 20.4 Å². The van der Waals surface area contributed by atoms with Gasteiger partial charge >= 0.3 is 0 Å². The standard InChI is InChI=1S/C15H15ClN4O/c1-3-20-15-13(9(2)19-20)14(17-8-12(21)18-15)10-6-4-5-7-11(10)16/h4-7H,3,8H2,1-2H3,(H,18,21). The zero-order chi connectivity index (χ0) is 15.0. The van der Waals surface area contributed by atoms with Crippen molar-refractivity contribution in [3.63, 3.8) is 0 Å². The minimum atomic E-state index is -0.145. The molecule has 0 spiro atoms. The van der Waals surface area contributed by atoms with Gasteiger partial charge in [0.2, 0.25) is 5.91 Å². The largest absolute Gasteiger partial charge is 0.309 e. The molecule has 1 aromatic carbocycles. The highest BCUT2D eigenvalue weighted by Gasteiger charge is 2.25. The molecule has 0 bridgehead atoms. The van der Waals surface area contributed by atoms with Crippen LogP contribution in [0, 0.1) is 6.92 Å². The number of amides is 1. The Hall–Kier alpha value is -2.14. The van der Waals surface area contributed by atoms with Crippen LogP contribution in [-0.2, 0) is 11.3 Å². The van der Waals surface area contributed by atoms with Gasteiger partial charge in [0.05, 0.1) is 17.0 Å². The van der Waals surface area contributed by atoms with Gasteiger partial charge in [-0.15, -0.1) is 0 Å². The van der Waals surface area contributed by atoms with Gasteiger partial charge in [0.1, 0.15) is 12.4 Å². The van der Waals surface area contributed by atoms with Gasteiger partial charge in [0.15, 0.2) is 0 Å². The normalized spacial score (nSPS) is 14.2. The van der Waals surface area contributed by atoms with Crippen LogP contribution in [-0.4, -0.2) is 27.9 Å². The molecule has 108 valence electrons. The molecule has 1 amide bonds. The predicted octanol–water partition coefficient (Wildman–Crippen LogP) is 2.65. The molecule has 0 unspecified atom stereocenters. The van der Waals surface area contributed by atoms with Gasteiger partial charge in [-0.25, -0.2) is 4.68 Å². The first kappa shape index (κ1) is 13.8. The smallest absolute Gasteiger partial charge is 0.247 e. The number of benzene rings is 1. The van der Waals surface area contributed by atoms with Crippen molar-refractivity contribution in [2.24, 2.45) is 4.99 Å². The van der Waals surface area contributed by atoms with E-state index in [0.29, 0.717) is 23.1 Å². The average molecular weight is 303 g/mol. The van der Waals surface area contributed by atoms with E-state index in [9.17, 15) is 4.79 Å². The molecule has 6 heteroatoms. The summed E-state index contributed by atoms with van der Waals surface area (Å²) in [6.45, 7) is 4.65. The average Bonchev–Trinajstić information content (AvgIpc) is 2.66. The number of aromatic nitrogens is 2. The zero-order valence-corrected chi connectivity index (χ0v) is 12.6. The Kier molecular flexibility index (Phi) is 3.51. The van der Waals surface area contributed by atoms with E-state index in [1.54, 1.807) is 4.68 Å². The molecule has 0 aliphatic carbocycles. The molecular formula is C15H15ClN4O. The first-order chi connectivity index (χ1) is 10.1. The van der Waals surface area contributed by atoms with Crippen molar-refractivity contribution >= 4 is 29.0 Å². The van der Waals surface area contributed by atoms with E-state index >= 15 is 0 Å². The minimum absolute atomic E-state index is 0.0817. The SMILES string of the molecule is CCn1nc(C)c2c1NC(=O)CN=C2c1ccccc1Cl. The quantitative estimate of drug-likeness (QED) is 0.927. The van der Waals surface area contributed by atoms with Gasteiger partial charge in [-0.1, -0.05) is 29.8 Å². The maximum atomic E-state index is 11.9. The molecular weight excluding hydrogens is 288 g/mol. The lowest BCUT2D eigenvalue weighted by molar-refractivity contribution is -0.114. The van der Waals surface area contributed by atoms with Crippen LogP contribution in [0.3, 0.4) is 0 Å². The number of nitrogens with one attached hydrogen (secondary N) is 1. The second kappa shape index (κ2) is 5.33. The number of aryl methyl sites for hydroxylation is 2. The summed E-state index contributed by atoms with van der Waals surface area (Å²) in [5, 5.41) is 7.97. The van der Waals surface area contributed by atoms with Gasteiger partial charge in [-0.3, -0.25) is 9.79 Å². The number of rotatable bonds is 2. The lowest BCUT2D eigenvalue weighted by Crippen LogP contribution is -2.16. The highest BCUT2D eigenvalue weighted by atomic mass is 35.5. The summed E-state index contributed by atoms with van der Waals surface area (Å²) < 4.78 is 1.78. The number of hydrogen-bond acceptors (Lipinski definition) is 3. The lowest BCUT2D eigenvalue weighted by Gasteiger charge is -2.09. The number of anilines is 1. The van der Waals surface area contributed by atoms with Crippen molar-refractivity contribution in [1.29, 1.82) is 0 Å². The van der Waals surface area contributed by atoms with Crippen molar-refractivity contribution < 1.29 is 4.79 Å². The molecule has 0 atom stereocenters. The van der Waals surface area contributed by atoms with Crippen LogP contribution in [0.15, 0.2) is 29.3 Å². The second-order valence-electron chi connectivity index (χ2n) is 4.82. The van der Waals surface area contributed by atoms with E-state index in [1.165, 1.54) is 0 Å². The van der Waals surface area contributed by atoms with Crippen LogP contribution >= 0.6 is 11.6 Å². The number of aliphatic imine (C=N–C) groups is 1. The van der Waals surface area contributed by atoms with Crippen molar-refractivity contribution in [3.05, 3.63) is 46.1 Å². The Balaban J connectivity index is 2.26. The van der Waals surface area contributed by atoms with Crippen LogP contribution in [0.25, 0.3) is 0 Å². The topological polar surface area (TPSA) is 59.3 Å². The Morgan fingerprint density at radius 2 is 2.14 bits per heavy atom. The lowest BCUT2D eigenvalue weighted by atomic mass is 10.0. The fraction of sp³-hybridized carbons (Fsp3) is 0.267. The maximum absolute atomic E-state index is 11.9. The summed E-state index contributed by atoms with van der Waals surface area (Å²) in [5.41, 5.74) is 3.20. The van der Waals surface area contributed by atoms with Crippen LogP contribution in [0.2, 0.25) is 5.02 Å². The summed E-state index contributed by atoms with van der Waals surface area (Å²) in [7, 11) is 0. The Morgan fingerprint density at radius 1 is 1.38 bits per heavy atom. The molecule has 5 nitrogen and oxygen atoms in total. The Bertz CT molecular complexity index is 748. The molecule has 0 radical (unpaired) electrons. The molecule has 2 aromatic rings. The van der Waals surface area contributed by atoms with Crippen LogP contribution < -0.4 is 5.32 Å². The minimum Gasteiger partial charge on any atom is -0.309 e. The molecule has 0 saturated carbocycles. The third-order valence-electron chi connectivity index (χ3n) is 3.43. The van der Waals surface area contributed by atoms with Gasteiger partial charge in [0.25, 0.3) is 0 Å². The van der Waals surface area contributed by atoms with Crippen LogP contribution in [0.1, 0.15) is 23.7 Å². The molecule has 1 aliphatic rings. The fourth-order valence-corrected chi connectivity index (χ4v) is 2.72. The molecule has 0 saturated heterocycles. The van der Waals surface area contributed by atoms with E-state index in [1.807, 2.05) is 38.1 Å². The van der Waals surface area contributed by atoms with Crippen LogP contribution in [0.5, 0.6) is 0 Å². The summed E-state index contributed by atoms with van der Waals surface area (Å²) >= 11 is 6.29. The molecule has 3 rings (SSSR count). The number of hydrogen-bond donors (Lipinski definition) is 1. The number of carbonyl (C=O) groups is 1.